The van der Waals surface area contributed by atoms with Gasteiger partial charge < -0.3 is 16.8 Å². The third kappa shape index (κ3) is 3.20. The molecule has 1 aromatic heterocycles. The van der Waals surface area contributed by atoms with E-state index in [-0.39, 0.29) is 0 Å². The summed E-state index contributed by atoms with van der Waals surface area (Å²) in [6.45, 7) is 0.790. The Morgan fingerprint density at radius 3 is 2.56 bits per heavy atom. The zero-order valence-corrected chi connectivity index (χ0v) is 10.4. The second-order valence-electron chi connectivity index (χ2n) is 4.89. The standard InChI is InChI=1S/C13H20N4O/c14-7-9-1-4-11(5-2-9)17-12-6-3-10(8-16-12)13(15)18/h3,6,8-9,11H,1-2,4-5,7,14H2,(H2,15,18)(H,16,17). The number of nitrogens with zero attached hydrogens (tertiary/aromatic N) is 1. The summed E-state index contributed by atoms with van der Waals surface area (Å²) in [5.41, 5.74) is 11.3. The maximum Gasteiger partial charge on any atom is 0.250 e. The molecule has 0 radical (unpaired) electrons. The number of nitrogens with one attached hydrogen (secondary N) is 1. The first-order valence-corrected chi connectivity index (χ1v) is 6.41. The fourth-order valence-electron chi connectivity index (χ4n) is 2.38. The van der Waals surface area contributed by atoms with Crippen LogP contribution >= 0.6 is 0 Å². The number of hydrogen-bond acceptors (Lipinski definition) is 4. The molecule has 0 saturated heterocycles. The summed E-state index contributed by atoms with van der Waals surface area (Å²) >= 11 is 0. The Bertz CT molecular complexity index is 396. The Morgan fingerprint density at radius 1 is 1.33 bits per heavy atom. The number of rotatable bonds is 4. The van der Waals surface area contributed by atoms with Crippen LogP contribution < -0.4 is 16.8 Å². The predicted molar refractivity (Wildman–Crippen MR) is 71.2 cm³/mol. The van der Waals surface area contributed by atoms with Crippen molar-refractivity contribution in [3.63, 3.8) is 0 Å². The maximum atomic E-state index is 10.9. The van der Waals surface area contributed by atoms with Gasteiger partial charge in [0.05, 0.1) is 5.56 Å². The lowest BCUT2D eigenvalue weighted by atomic mass is 9.86. The highest BCUT2D eigenvalue weighted by Crippen LogP contribution is 2.25. The molecule has 0 aromatic carbocycles. The molecule has 5 N–H and O–H groups in total. The van der Waals surface area contributed by atoms with Crippen LogP contribution in [-0.4, -0.2) is 23.5 Å². The van der Waals surface area contributed by atoms with Gasteiger partial charge in [-0.1, -0.05) is 0 Å². The predicted octanol–water partition coefficient (Wildman–Crippen LogP) is 1.11. The monoisotopic (exact) mass is 248 g/mol. The van der Waals surface area contributed by atoms with Crippen molar-refractivity contribution in [2.24, 2.45) is 17.4 Å². The number of aromatic nitrogens is 1. The van der Waals surface area contributed by atoms with E-state index >= 15 is 0 Å². The quantitative estimate of drug-likeness (QED) is 0.744. The second kappa shape index (κ2) is 5.82. The average Bonchev–Trinajstić information content (AvgIpc) is 2.40. The van der Waals surface area contributed by atoms with E-state index in [1.54, 1.807) is 12.1 Å². The summed E-state index contributed by atoms with van der Waals surface area (Å²) < 4.78 is 0. The van der Waals surface area contributed by atoms with Gasteiger partial charge in [-0.25, -0.2) is 4.98 Å². The van der Waals surface area contributed by atoms with E-state index in [0.29, 0.717) is 17.5 Å². The number of carbonyl (C=O) groups excluding carboxylic acids is 1. The molecule has 18 heavy (non-hydrogen) atoms. The van der Waals surface area contributed by atoms with Gasteiger partial charge in [-0.3, -0.25) is 4.79 Å². The Balaban J connectivity index is 1.88. The van der Waals surface area contributed by atoms with E-state index in [2.05, 4.69) is 10.3 Å². The number of carbonyl (C=O) groups is 1. The molecule has 1 aromatic rings. The molecule has 1 saturated carbocycles. The summed E-state index contributed by atoms with van der Waals surface area (Å²) in [6, 6.07) is 3.96. The fraction of sp³-hybridized carbons (Fsp3) is 0.538. The molecule has 98 valence electrons. The second-order valence-corrected chi connectivity index (χ2v) is 4.89. The Kier molecular flexibility index (Phi) is 4.15. The molecule has 1 heterocycles. The van der Waals surface area contributed by atoms with Crippen molar-refractivity contribution in [2.45, 2.75) is 31.7 Å². The van der Waals surface area contributed by atoms with Gasteiger partial charge >= 0.3 is 0 Å². The van der Waals surface area contributed by atoms with Crippen molar-refractivity contribution in [1.29, 1.82) is 0 Å². The van der Waals surface area contributed by atoms with Crippen LogP contribution in [0.1, 0.15) is 36.0 Å². The van der Waals surface area contributed by atoms with Gasteiger partial charge in [0, 0.05) is 12.2 Å². The number of anilines is 1. The summed E-state index contributed by atoms with van der Waals surface area (Å²) in [5.74, 6) is 1.03. The third-order valence-electron chi connectivity index (χ3n) is 3.58. The van der Waals surface area contributed by atoms with Gasteiger partial charge in [0.2, 0.25) is 5.91 Å². The van der Waals surface area contributed by atoms with Crippen LogP contribution in [0.5, 0.6) is 0 Å². The molecule has 2 rings (SSSR count). The first kappa shape index (κ1) is 12.8. The van der Waals surface area contributed by atoms with Gasteiger partial charge in [-0.2, -0.15) is 0 Å². The zero-order chi connectivity index (χ0) is 13.0. The number of hydrogen-bond donors (Lipinski definition) is 3. The lowest BCUT2D eigenvalue weighted by Crippen LogP contribution is -2.29. The number of pyridine rings is 1. The SMILES string of the molecule is NCC1CCC(Nc2ccc(C(N)=O)cn2)CC1. The largest absolute Gasteiger partial charge is 0.367 e. The topological polar surface area (TPSA) is 94.0 Å². The van der Waals surface area contributed by atoms with Crippen LogP contribution in [0.15, 0.2) is 18.3 Å². The normalized spacial score (nSPS) is 23.6. The molecule has 0 aliphatic heterocycles. The maximum absolute atomic E-state index is 10.9. The van der Waals surface area contributed by atoms with Crippen LogP contribution in [0.3, 0.4) is 0 Å². The molecule has 0 spiro atoms. The summed E-state index contributed by atoms with van der Waals surface area (Å²) in [5, 5.41) is 3.39. The Morgan fingerprint density at radius 2 is 2.06 bits per heavy atom. The van der Waals surface area contributed by atoms with Gasteiger partial charge in [-0.15, -0.1) is 0 Å². The first-order valence-electron chi connectivity index (χ1n) is 6.41. The molecular formula is C13H20N4O. The molecule has 0 unspecified atom stereocenters. The average molecular weight is 248 g/mol. The number of amides is 1. The molecule has 1 aliphatic carbocycles. The van der Waals surface area contributed by atoms with Crippen LogP contribution in [0.25, 0.3) is 0 Å². The van der Waals surface area contributed by atoms with Crippen LogP contribution in [0.2, 0.25) is 0 Å². The Labute approximate surface area is 107 Å². The minimum Gasteiger partial charge on any atom is -0.367 e. The van der Waals surface area contributed by atoms with Crippen LogP contribution in [0, 0.1) is 5.92 Å². The fourth-order valence-corrected chi connectivity index (χ4v) is 2.38. The lowest BCUT2D eigenvalue weighted by Gasteiger charge is -2.28. The minimum absolute atomic E-state index is 0.437. The molecular weight excluding hydrogens is 228 g/mol. The minimum atomic E-state index is -0.447. The van der Waals surface area contributed by atoms with Crippen molar-refractivity contribution >= 4 is 11.7 Å². The van der Waals surface area contributed by atoms with Crippen molar-refractivity contribution in [2.75, 3.05) is 11.9 Å². The van der Waals surface area contributed by atoms with Gasteiger partial charge in [-0.05, 0) is 50.3 Å². The van der Waals surface area contributed by atoms with Crippen molar-refractivity contribution in [1.82, 2.24) is 4.98 Å². The summed E-state index contributed by atoms with van der Waals surface area (Å²) in [6.07, 6.45) is 6.11. The first-order chi connectivity index (χ1) is 8.69. The molecule has 5 nitrogen and oxygen atoms in total. The van der Waals surface area contributed by atoms with E-state index in [1.165, 1.54) is 19.0 Å². The van der Waals surface area contributed by atoms with Crippen molar-refractivity contribution < 1.29 is 4.79 Å². The molecule has 1 fully saturated rings. The summed E-state index contributed by atoms with van der Waals surface area (Å²) in [4.78, 5) is 15.1. The van der Waals surface area contributed by atoms with E-state index in [0.717, 1.165) is 25.2 Å². The lowest BCUT2D eigenvalue weighted by molar-refractivity contribution is 0.1000. The molecule has 0 atom stereocenters. The van der Waals surface area contributed by atoms with Gasteiger partial charge in [0.1, 0.15) is 5.82 Å². The highest BCUT2D eigenvalue weighted by molar-refractivity contribution is 5.92. The van der Waals surface area contributed by atoms with Crippen LogP contribution in [-0.2, 0) is 0 Å². The highest BCUT2D eigenvalue weighted by Gasteiger charge is 2.20. The smallest absolute Gasteiger partial charge is 0.250 e. The number of nitrogens with two attached hydrogens (primary N) is 2. The van der Waals surface area contributed by atoms with Crippen LogP contribution in [0.4, 0.5) is 5.82 Å². The van der Waals surface area contributed by atoms with Gasteiger partial charge in [0.25, 0.3) is 0 Å². The molecule has 0 bridgehead atoms. The zero-order valence-electron chi connectivity index (χ0n) is 10.4. The van der Waals surface area contributed by atoms with Gasteiger partial charge in [0.15, 0.2) is 0 Å². The third-order valence-corrected chi connectivity index (χ3v) is 3.58. The Hall–Kier alpha value is -1.62. The summed E-state index contributed by atoms with van der Waals surface area (Å²) in [7, 11) is 0. The molecule has 5 heteroatoms. The van der Waals surface area contributed by atoms with E-state index in [4.69, 9.17) is 11.5 Å². The number of primary amides is 1. The molecule has 1 aliphatic rings. The highest BCUT2D eigenvalue weighted by atomic mass is 16.1. The van der Waals surface area contributed by atoms with Crippen molar-refractivity contribution in [3.8, 4) is 0 Å². The van der Waals surface area contributed by atoms with E-state index in [9.17, 15) is 4.79 Å². The van der Waals surface area contributed by atoms with E-state index < -0.39 is 5.91 Å². The van der Waals surface area contributed by atoms with Crippen molar-refractivity contribution in [3.05, 3.63) is 23.9 Å². The van der Waals surface area contributed by atoms with E-state index in [1.807, 2.05) is 0 Å². The molecule has 1 amide bonds.